The van der Waals surface area contributed by atoms with Gasteiger partial charge in [-0.05, 0) is 17.7 Å². The molecule has 1 aromatic heterocycles. The normalized spacial score (nSPS) is 11.1. The van der Waals surface area contributed by atoms with Gasteiger partial charge in [0.25, 0.3) is 0 Å². The smallest absolute Gasteiger partial charge is 0.0734 e. The number of hydrogen-bond acceptors (Lipinski definition) is 3. The number of oxime groups is 1. The molecule has 0 amide bonds. The topological polar surface area (TPSA) is 45.5 Å². The van der Waals surface area contributed by atoms with Crippen molar-refractivity contribution in [2.45, 2.75) is 0 Å². The second kappa shape index (κ2) is 3.23. The molecular formula is C10H8N2O. The van der Waals surface area contributed by atoms with Crippen molar-refractivity contribution in [3.63, 3.8) is 0 Å². The van der Waals surface area contributed by atoms with Crippen LogP contribution in [0.15, 0.2) is 41.7 Å². The van der Waals surface area contributed by atoms with E-state index in [0.29, 0.717) is 0 Å². The number of nitrogens with zero attached hydrogens (tertiary/aromatic N) is 2. The van der Waals surface area contributed by atoms with Crippen LogP contribution in [0.25, 0.3) is 10.9 Å². The van der Waals surface area contributed by atoms with Gasteiger partial charge in [-0.25, -0.2) is 0 Å². The predicted octanol–water partition coefficient (Wildman–Crippen LogP) is 2.04. The summed E-state index contributed by atoms with van der Waals surface area (Å²) in [5.74, 6) is 0. The molecule has 0 atom stereocenters. The van der Waals surface area contributed by atoms with Crippen LogP contribution in [-0.4, -0.2) is 16.4 Å². The lowest BCUT2D eigenvalue weighted by Crippen LogP contribution is -1.83. The minimum Gasteiger partial charge on any atom is -0.411 e. The molecule has 0 saturated carbocycles. The van der Waals surface area contributed by atoms with Crippen molar-refractivity contribution < 1.29 is 5.21 Å². The van der Waals surface area contributed by atoms with Gasteiger partial charge in [-0.2, -0.15) is 0 Å². The molecule has 3 heteroatoms. The average molecular weight is 172 g/mol. The molecule has 3 nitrogen and oxygen atoms in total. The van der Waals surface area contributed by atoms with Crippen LogP contribution in [0.5, 0.6) is 0 Å². The van der Waals surface area contributed by atoms with Gasteiger partial charge in [0.05, 0.1) is 11.7 Å². The fourth-order valence-electron chi connectivity index (χ4n) is 1.23. The predicted molar refractivity (Wildman–Crippen MR) is 51.1 cm³/mol. The van der Waals surface area contributed by atoms with Gasteiger partial charge in [0, 0.05) is 11.6 Å². The minimum absolute atomic E-state index is 0.841. The maximum atomic E-state index is 8.34. The number of hydrogen-bond donors (Lipinski definition) is 1. The number of rotatable bonds is 1. The van der Waals surface area contributed by atoms with Crippen molar-refractivity contribution in [3.8, 4) is 0 Å². The number of aromatic nitrogens is 1. The Balaban J connectivity index is 2.62. The van der Waals surface area contributed by atoms with E-state index in [1.54, 1.807) is 6.20 Å². The van der Waals surface area contributed by atoms with Crippen LogP contribution < -0.4 is 0 Å². The summed E-state index contributed by atoms with van der Waals surface area (Å²) in [4.78, 5) is 4.18. The van der Waals surface area contributed by atoms with Crippen molar-refractivity contribution in [2.75, 3.05) is 0 Å². The van der Waals surface area contributed by atoms with Crippen LogP contribution in [-0.2, 0) is 0 Å². The molecule has 0 unspecified atom stereocenters. The van der Waals surface area contributed by atoms with E-state index in [0.717, 1.165) is 16.5 Å². The zero-order valence-corrected chi connectivity index (χ0v) is 6.88. The Labute approximate surface area is 75.3 Å². The molecule has 0 radical (unpaired) electrons. The summed E-state index contributed by atoms with van der Waals surface area (Å²) in [5.41, 5.74) is 1.74. The van der Waals surface area contributed by atoms with Crippen LogP contribution in [0.2, 0.25) is 0 Å². The number of benzene rings is 1. The Morgan fingerprint density at radius 3 is 3.08 bits per heavy atom. The third-order valence-electron chi connectivity index (χ3n) is 1.84. The van der Waals surface area contributed by atoms with E-state index in [-0.39, 0.29) is 0 Å². The van der Waals surface area contributed by atoms with Gasteiger partial charge in [-0.1, -0.05) is 23.4 Å². The highest BCUT2D eigenvalue weighted by Crippen LogP contribution is 2.11. The van der Waals surface area contributed by atoms with Gasteiger partial charge in [0.1, 0.15) is 0 Å². The second-order valence-electron chi connectivity index (χ2n) is 2.70. The van der Waals surface area contributed by atoms with Crippen LogP contribution in [0.3, 0.4) is 0 Å². The fourth-order valence-corrected chi connectivity index (χ4v) is 1.23. The van der Waals surface area contributed by atoms with Crippen molar-refractivity contribution in [1.82, 2.24) is 4.98 Å². The lowest BCUT2D eigenvalue weighted by Gasteiger charge is -1.96. The average Bonchev–Trinajstić information content (AvgIpc) is 2.18. The molecule has 13 heavy (non-hydrogen) atoms. The summed E-state index contributed by atoms with van der Waals surface area (Å²) in [6, 6.07) is 9.57. The number of fused-ring (bicyclic) bond motifs is 1. The first-order chi connectivity index (χ1) is 6.40. The third-order valence-corrected chi connectivity index (χ3v) is 1.84. The van der Waals surface area contributed by atoms with Crippen molar-refractivity contribution in [3.05, 3.63) is 42.1 Å². The maximum Gasteiger partial charge on any atom is 0.0734 e. The van der Waals surface area contributed by atoms with Crippen LogP contribution in [0.4, 0.5) is 0 Å². The molecular weight excluding hydrogens is 164 g/mol. The SMILES string of the molecule is ON=Cc1ccc2cccnc2c1. The standard InChI is InChI=1S/C10H8N2O/c13-12-7-8-3-4-9-2-1-5-11-10(9)6-8/h1-7,13H. The van der Waals surface area contributed by atoms with Gasteiger partial charge in [0.2, 0.25) is 0 Å². The third kappa shape index (κ3) is 1.49. The first-order valence-electron chi connectivity index (χ1n) is 3.92. The summed E-state index contributed by atoms with van der Waals surface area (Å²) in [6.45, 7) is 0. The lowest BCUT2D eigenvalue weighted by atomic mass is 10.1. The molecule has 1 aromatic carbocycles. The largest absolute Gasteiger partial charge is 0.411 e. The van der Waals surface area contributed by atoms with Crippen LogP contribution in [0.1, 0.15) is 5.56 Å². The highest BCUT2D eigenvalue weighted by Gasteiger charge is 1.93. The molecule has 0 aliphatic rings. The summed E-state index contributed by atoms with van der Waals surface area (Å²) >= 11 is 0. The monoisotopic (exact) mass is 172 g/mol. The highest BCUT2D eigenvalue weighted by molar-refractivity contribution is 5.87. The van der Waals surface area contributed by atoms with Gasteiger partial charge in [-0.15, -0.1) is 0 Å². The molecule has 0 bridgehead atoms. The first kappa shape index (κ1) is 7.73. The molecule has 64 valence electrons. The summed E-state index contributed by atoms with van der Waals surface area (Å²) in [5, 5.41) is 12.4. The van der Waals surface area contributed by atoms with E-state index in [9.17, 15) is 0 Å². The van der Waals surface area contributed by atoms with E-state index in [2.05, 4.69) is 10.1 Å². The fraction of sp³-hybridized carbons (Fsp3) is 0. The van der Waals surface area contributed by atoms with E-state index in [1.165, 1.54) is 6.21 Å². The molecule has 1 N–H and O–H groups in total. The van der Waals surface area contributed by atoms with E-state index in [4.69, 9.17) is 5.21 Å². The van der Waals surface area contributed by atoms with Crippen molar-refractivity contribution in [2.24, 2.45) is 5.16 Å². The van der Waals surface area contributed by atoms with Crippen molar-refractivity contribution in [1.29, 1.82) is 0 Å². The van der Waals surface area contributed by atoms with E-state index >= 15 is 0 Å². The first-order valence-corrected chi connectivity index (χ1v) is 3.92. The summed E-state index contributed by atoms with van der Waals surface area (Å²) < 4.78 is 0. The number of pyridine rings is 1. The van der Waals surface area contributed by atoms with Gasteiger partial charge < -0.3 is 5.21 Å². The molecule has 2 rings (SSSR count). The molecule has 0 fully saturated rings. The Morgan fingerprint density at radius 1 is 1.31 bits per heavy atom. The highest BCUT2D eigenvalue weighted by atomic mass is 16.4. The van der Waals surface area contributed by atoms with Crippen LogP contribution in [0, 0.1) is 0 Å². The van der Waals surface area contributed by atoms with Gasteiger partial charge in [0.15, 0.2) is 0 Å². The molecule has 2 aromatic rings. The second-order valence-corrected chi connectivity index (χ2v) is 2.70. The molecule has 0 aliphatic heterocycles. The zero-order chi connectivity index (χ0) is 9.10. The summed E-state index contributed by atoms with van der Waals surface area (Å²) in [6.07, 6.45) is 3.12. The molecule has 0 saturated heterocycles. The Morgan fingerprint density at radius 2 is 2.23 bits per heavy atom. The zero-order valence-electron chi connectivity index (χ0n) is 6.88. The molecule has 0 aliphatic carbocycles. The maximum absolute atomic E-state index is 8.34. The molecule has 1 heterocycles. The Bertz CT molecular complexity index is 451. The van der Waals surface area contributed by atoms with Gasteiger partial charge in [-0.3, -0.25) is 4.98 Å². The quantitative estimate of drug-likeness (QED) is 0.406. The molecule has 0 spiro atoms. The minimum atomic E-state index is 0.841. The van der Waals surface area contributed by atoms with E-state index < -0.39 is 0 Å². The Kier molecular flexibility index (Phi) is 1.92. The summed E-state index contributed by atoms with van der Waals surface area (Å²) in [7, 11) is 0. The lowest BCUT2D eigenvalue weighted by molar-refractivity contribution is 0.322. The Hall–Kier alpha value is -1.90. The van der Waals surface area contributed by atoms with Gasteiger partial charge >= 0.3 is 0 Å². The van der Waals surface area contributed by atoms with E-state index in [1.807, 2.05) is 30.3 Å². The van der Waals surface area contributed by atoms with Crippen LogP contribution >= 0.6 is 0 Å². The van der Waals surface area contributed by atoms with Crippen molar-refractivity contribution >= 4 is 17.1 Å².